The number of anilines is 1. The second kappa shape index (κ2) is 5.71. The summed E-state index contributed by atoms with van der Waals surface area (Å²) in [7, 11) is 0. The zero-order valence-corrected chi connectivity index (χ0v) is 11.9. The molecule has 1 aromatic heterocycles. The quantitative estimate of drug-likeness (QED) is 0.504. The van der Waals surface area contributed by atoms with Gasteiger partial charge in [-0.1, -0.05) is 6.07 Å². The fourth-order valence-corrected chi connectivity index (χ4v) is 1.86. The van der Waals surface area contributed by atoms with Gasteiger partial charge < -0.3 is 10.2 Å². The second-order valence-corrected chi connectivity index (χ2v) is 4.45. The normalized spacial score (nSPS) is 10.3. The van der Waals surface area contributed by atoms with Crippen molar-refractivity contribution >= 4 is 11.5 Å². The van der Waals surface area contributed by atoms with Crippen molar-refractivity contribution in [3.8, 4) is 11.6 Å². The van der Waals surface area contributed by atoms with Gasteiger partial charge in [-0.05, 0) is 26.8 Å². The minimum atomic E-state index is -0.451. The Kier molecular flexibility index (Phi) is 3.99. The van der Waals surface area contributed by atoms with E-state index in [1.165, 1.54) is 6.07 Å². The molecular weight excluding hydrogens is 274 g/mol. The lowest BCUT2D eigenvalue weighted by Gasteiger charge is -2.12. The van der Waals surface area contributed by atoms with Gasteiger partial charge in [0.1, 0.15) is 17.4 Å². The minimum Gasteiger partial charge on any atom is -0.438 e. The average Bonchev–Trinajstić information content (AvgIpc) is 2.44. The van der Waals surface area contributed by atoms with E-state index in [2.05, 4.69) is 15.4 Å². The molecule has 0 spiro atoms. The van der Waals surface area contributed by atoms with Gasteiger partial charge >= 0.3 is 0 Å². The van der Waals surface area contributed by atoms with Crippen molar-refractivity contribution in [2.24, 2.45) is 5.84 Å². The van der Waals surface area contributed by atoms with Crippen LogP contribution in [0.5, 0.6) is 11.6 Å². The van der Waals surface area contributed by atoms with Gasteiger partial charge in [-0.15, -0.1) is 0 Å². The van der Waals surface area contributed by atoms with E-state index in [-0.39, 0.29) is 5.69 Å². The lowest BCUT2D eigenvalue weighted by molar-refractivity contribution is -0.385. The number of nitrogen functional groups attached to an aromatic ring is 1. The SMILES string of the molecule is Cc1nc(NN)c(C)c(Oc2cccc([N+](=O)[O-])c2C)n1. The Balaban J connectivity index is 2.46. The van der Waals surface area contributed by atoms with Crippen molar-refractivity contribution in [1.29, 1.82) is 0 Å². The number of hydrazine groups is 1. The number of nitro benzene ring substituents is 1. The van der Waals surface area contributed by atoms with E-state index in [0.29, 0.717) is 34.4 Å². The maximum absolute atomic E-state index is 10.9. The molecule has 0 atom stereocenters. The number of aryl methyl sites for hydroxylation is 1. The summed E-state index contributed by atoms with van der Waals surface area (Å²) >= 11 is 0. The van der Waals surface area contributed by atoms with Crippen LogP contribution in [0.2, 0.25) is 0 Å². The second-order valence-electron chi connectivity index (χ2n) is 4.45. The molecule has 1 aromatic carbocycles. The van der Waals surface area contributed by atoms with Crippen LogP contribution in [0, 0.1) is 30.9 Å². The predicted molar refractivity (Wildman–Crippen MR) is 77.2 cm³/mol. The van der Waals surface area contributed by atoms with E-state index in [0.717, 1.165) is 0 Å². The highest BCUT2D eigenvalue weighted by Gasteiger charge is 2.17. The molecule has 0 saturated carbocycles. The zero-order valence-electron chi connectivity index (χ0n) is 11.9. The van der Waals surface area contributed by atoms with E-state index in [1.807, 2.05) is 0 Å². The van der Waals surface area contributed by atoms with E-state index in [1.54, 1.807) is 32.9 Å². The van der Waals surface area contributed by atoms with Gasteiger partial charge in [0.05, 0.1) is 16.1 Å². The highest BCUT2D eigenvalue weighted by Crippen LogP contribution is 2.32. The number of nitrogens with zero attached hydrogens (tertiary/aromatic N) is 3. The van der Waals surface area contributed by atoms with Crippen LogP contribution in [-0.4, -0.2) is 14.9 Å². The van der Waals surface area contributed by atoms with Crippen molar-refractivity contribution in [3.63, 3.8) is 0 Å². The summed E-state index contributed by atoms with van der Waals surface area (Å²) in [6.45, 7) is 5.07. The van der Waals surface area contributed by atoms with Gasteiger partial charge in [-0.2, -0.15) is 4.98 Å². The molecular formula is C13H15N5O3. The molecule has 2 rings (SSSR count). The number of aromatic nitrogens is 2. The van der Waals surface area contributed by atoms with Crippen LogP contribution in [-0.2, 0) is 0 Å². The van der Waals surface area contributed by atoms with E-state index in [9.17, 15) is 10.1 Å². The molecule has 2 aromatic rings. The molecule has 0 amide bonds. The molecule has 8 nitrogen and oxygen atoms in total. The topological polar surface area (TPSA) is 116 Å². The van der Waals surface area contributed by atoms with Gasteiger partial charge in [-0.3, -0.25) is 10.1 Å². The first-order valence-electron chi connectivity index (χ1n) is 6.17. The van der Waals surface area contributed by atoms with E-state index in [4.69, 9.17) is 10.6 Å². The van der Waals surface area contributed by atoms with E-state index >= 15 is 0 Å². The fourth-order valence-electron chi connectivity index (χ4n) is 1.86. The monoisotopic (exact) mass is 289 g/mol. The van der Waals surface area contributed by atoms with Gasteiger partial charge in [0.25, 0.3) is 5.69 Å². The molecule has 0 bridgehead atoms. The van der Waals surface area contributed by atoms with Crippen molar-refractivity contribution in [2.75, 3.05) is 5.43 Å². The number of hydrogen-bond donors (Lipinski definition) is 2. The van der Waals surface area contributed by atoms with Crippen molar-refractivity contribution in [2.45, 2.75) is 20.8 Å². The van der Waals surface area contributed by atoms with Gasteiger partial charge in [0.2, 0.25) is 5.88 Å². The van der Waals surface area contributed by atoms with Crippen LogP contribution in [0.15, 0.2) is 18.2 Å². The number of ether oxygens (including phenoxy) is 1. The van der Waals surface area contributed by atoms with Crippen molar-refractivity contribution in [3.05, 3.63) is 45.3 Å². The summed E-state index contributed by atoms with van der Waals surface area (Å²) in [4.78, 5) is 18.8. The summed E-state index contributed by atoms with van der Waals surface area (Å²) in [6.07, 6.45) is 0. The first-order valence-corrected chi connectivity index (χ1v) is 6.17. The third-order valence-electron chi connectivity index (χ3n) is 3.01. The Morgan fingerprint density at radius 2 is 1.95 bits per heavy atom. The Bertz CT molecular complexity index is 702. The predicted octanol–water partition coefficient (Wildman–Crippen LogP) is 2.39. The Morgan fingerprint density at radius 3 is 2.57 bits per heavy atom. The summed E-state index contributed by atoms with van der Waals surface area (Å²) in [6, 6.07) is 4.63. The maximum Gasteiger partial charge on any atom is 0.276 e. The van der Waals surface area contributed by atoms with E-state index < -0.39 is 4.92 Å². The maximum atomic E-state index is 10.9. The molecule has 0 aliphatic carbocycles. The summed E-state index contributed by atoms with van der Waals surface area (Å²) in [5.74, 6) is 6.99. The average molecular weight is 289 g/mol. The van der Waals surface area contributed by atoms with Crippen LogP contribution < -0.4 is 16.0 Å². The lowest BCUT2D eigenvalue weighted by atomic mass is 10.2. The van der Waals surface area contributed by atoms with Crippen LogP contribution in [0.1, 0.15) is 17.0 Å². The highest BCUT2D eigenvalue weighted by molar-refractivity contribution is 5.52. The molecule has 8 heteroatoms. The number of rotatable bonds is 4. The number of nitrogens with two attached hydrogens (primary N) is 1. The first kappa shape index (κ1) is 14.7. The summed E-state index contributed by atoms with van der Waals surface area (Å²) in [5.41, 5.74) is 3.51. The Morgan fingerprint density at radius 1 is 1.24 bits per heavy atom. The number of hydrogen-bond acceptors (Lipinski definition) is 7. The van der Waals surface area contributed by atoms with Crippen LogP contribution in [0.3, 0.4) is 0 Å². The largest absolute Gasteiger partial charge is 0.438 e. The Labute approximate surface area is 121 Å². The molecule has 21 heavy (non-hydrogen) atoms. The Hall–Kier alpha value is -2.74. The molecule has 1 heterocycles. The standard InChI is InChI=1S/C13H15N5O3/c1-7-10(18(19)20)5-4-6-11(7)21-13-8(2)12(17-14)15-9(3)16-13/h4-6H,14H2,1-3H3,(H,15,16,17). The minimum absolute atomic E-state index is 0.00638. The molecule has 0 radical (unpaired) electrons. The summed E-state index contributed by atoms with van der Waals surface area (Å²) < 4.78 is 5.70. The highest BCUT2D eigenvalue weighted by atomic mass is 16.6. The molecule has 0 saturated heterocycles. The molecule has 0 aliphatic heterocycles. The van der Waals surface area contributed by atoms with Gasteiger partial charge in [0, 0.05) is 6.07 Å². The number of nitro groups is 1. The smallest absolute Gasteiger partial charge is 0.276 e. The fraction of sp³-hybridized carbons (Fsp3) is 0.231. The molecule has 110 valence electrons. The van der Waals surface area contributed by atoms with Gasteiger partial charge in [-0.25, -0.2) is 10.8 Å². The van der Waals surface area contributed by atoms with Crippen LogP contribution in [0.25, 0.3) is 0 Å². The van der Waals surface area contributed by atoms with Crippen molar-refractivity contribution in [1.82, 2.24) is 9.97 Å². The third-order valence-corrected chi connectivity index (χ3v) is 3.01. The van der Waals surface area contributed by atoms with Crippen molar-refractivity contribution < 1.29 is 9.66 Å². The molecule has 0 aliphatic rings. The molecule has 0 fully saturated rings. The number of nitrogens with one attached hydrogen (secondary N) is 1. The lowest BCUT2D eigenvalue weighted by Crippen LogP contribution is -2.12. The van der Waals surface area contributed by atoms with Crippen LogP contribution in [0.4, 0.5) is 11.5 Å². The number of benzene rings is 1. The van der Waals surface area contributed by atoms with Gasteiger partial charge in [0.15, 0.2) is 0 Å². The molecule has 0 unspecified atom stereocenters. The third kappa shape index (κ3) is 2.90. The zero-order chi connectivity index (χ0) is 15.6. The first-order chi connectivity index (χ1) is 9.93. The molecule has 3 N–H and O–H groups in total. The van der Waals surface area contributed by atoms with Crippen LogP contribution >= 0.6 is 0 Å². The summed E-state index contributed by atoms with van der Waals surface area (Å²) in [5, 5.41) is 10.9.